The van der Waals surface area contributed by atoms with E-state index in [-0.39, 0.29) is 17.3 Å². The molecule has 0 bridgehead atoms. The number of allylic oxidation sites excluding steroid dienone is 1. The van der Waals surface area contributed by atoms with E-state index in [1.165, 1.54) is 11.0 Å². The van der Waals surface area contributed by atoms with Crippen molar-refractivity contribution in [2.45, 2.75) is 0 Å². The fourth-order valence-electron chi connectivity index (χ4n) is 3.64. The molecule has 0 fully saturated rings. The second-order valence-electron chi connectivity index (χ2n) is 7.53. The number of halogens is 1. The molecule has 4 aromatic rings. The number of hydrogen-bond donors (Lipinski definition) is 0. The number of rotatable bonds is 4. The highest BCUT2D eigenvalue weighted by atomic mass is 35.5. The number of amides is 1. The molecule has 34 heavy (non-hydrogen) atoms. The van der Waals surface area contributed by atoms with Gasteiger partial charge in [0.25, 0.3) is 0 Å². The summed E-state index contributed by atoms with van der Waals surface area (Å²) in [6.45, 7) is 0. The highest BCUT2D eigenvalue weighted by Gasteiger charge is 2.28. The lowest BCUT2D eigenvalue weighted by atomic mass is 10.1. The van der Waals surface area contributed by atoms with Gasteiger partial charge in [-0.05, 0) is 60.2 Å². The number of para-hydroxylation sites is 2. The van der Waals surface area contributed by atoms with E-state index in [0.29, 0.717) is 27.7 Å². The Morgan fingerprint density at radius 3 is 2.15 bits per heavy atom. The lowest BCUT2D eigenvalue weighted by molar-refractivity contribution is 0.101. The minimum absolute atomic E-state index is 0.177. The summed E-state index contributed by atoms with van der Waals surface area (Å²) in [5.41, 5.74) is 2.48. The average molecular weight is 468 g/mol. The van der Waals surface area contributed by atoms with Gasteiger partial charge in [-0.2, -0.15) is 0 Å². The van der Waals surface area contributed by atoms with Gasteiger partial charge in [-0.25, -0.2) is 9.69 Å². The molecule has 0 spiro atoms. The van der Waals surface area contributed by atoms with Crippen LogP contribution in [-0.2, 0) is 0 Å². The van der Waals surface area contributed by atoms with E-state index >= 15 is 0 Å². The summed E-state index contributed by atoms with van der Waals surface area (Å²) in [5, 5.41) is 0.563. The molecule has 0 saturated heterocycles. The number of fused-ring (bicyclic) bond motifs is 1. The van der Waals surface area contributed by atoms with Crippen molar-refractivity contribution in [3.63, 3.8) is 0 Å². The van der Waals surface area contributed by atoms with Crippen molar-refractivity contribution >= 4 is 40.9 Å². The minimum atomic E-state index is -0.587. The number of benzene rings is 4. The molecular weight excluding hydrogens is 450 g/mol. The normalized spacial score (nSPS) is 13.3. The van der Waals surface area contributed by atoms with Gasteiger partial charge in [0.2, 0.25) is 5.78 Å². The summed E-state index contributed by atoms with van der Waals surface area (Å²) in [6.07, 6.45) is 1.04. The van der Waals surface area contributed by atoms with Crippen molar-refractivity contribution in [2.24, 2.45) is 0 Å². The molecule has 0 unspecified atom stereocenters. The minimum Gasteiger partial charge on any atom is -0.452 e. The number of ketones is 1. The quantitative estimate of drug-likeness (QED) is 0.295. The standard InChI is InChI=1S/C28H18ClNO4/c29-20-9-7-8-19(16-20)17-26-27(31)24-15-14-23(18-25(24)34-26)33-28(32)30(21-10-3-1-4-11-21)22-12-5-2-6-13-22/h1-18H. The predicted molar refractivity (Wildman–Crippen MR) is 132 cm³/mol. The number of Topliss-reactive ketones (excluding diaryl/α,β-unsaturated/α-hetero) is 1. The maximum absolute atomic E-state index is 13.2. The highest BCUT2D eigenvalue weighted by Crippen LogP contribution is 2.36. The molecule has 0 saturated carbocycles. The van der Waals surface area contributed by atoms with Crippen molar-refractivity contribution in [3.8, 4) is 11.5 Å². The third-order valence-corrected chi connectivity index (χ3v) is 5.44. The Hall–Kier alpha value is -4.35. The van der Waals surface area contributed by atoms with Crippen LogP contribution in [0.25, 0.3) is 6.08 Å². The van der Waals surface area contributed by atoms with Gasteiger partial charge >= 0.3 is 6.09 Å². The summed E-state index contributed by atoms with van der Waals surface area (Å²) in [5.74, 6) is 0.519. The summed E-state index contributed by atoms with van der Waals surface area (Å²) >= 11 is 6.03. The zero-order chi connectivity index (χ0) is 23.5. The number of anilines is 2. The zero-order valence-electron chi connectivity index (χ0n) is 17.9. The van der Waals surface area contributed by atoms with Crippen molar-refractivity contribution < 1.29 is 19.1 Å². The Labute approximate surface area is 201 Å². The SMILES string of the molecule is O=C1C(=Cc2cccc(Cl)c2)Oc2cc(OC(=O)N(c3ccccc3)c3ccccc3)ccc21. The molecule has 0 aromatic heterocycles. The number of carbonyl (C=O) groups excluding carboxylic acids is 2. The monoisotopic (exact) mass is 467 g/mol. The van der Waals surface area contributed by atoms with E-state index < -0.39 is 6.09 Å². The predicted octanol–water partition coefficient (Wildman–Crippen LogP) is 7.29. The van der Waals surface area contributed by atoms with E-state index in [2.05, 4.69) is 0 Å². The van der Waals surface area contributed by atoms with Crippen LogP contribution >= 0.6 is 11.6 Å². The average Bonchev–Trinajstić information content (AvgIpc) is 3.15. The topological polar surface area (TPSA) is 55.8 Å². The maximum atomic E-state index is 13.2. The van der Waals surface area contributed by atoms with Gasteiger partial charge in [-0.15, -0.1) is 0 Å². The van der Waals surface area contributed by atoms with E-state index in [0.717, 1.165) is 5.56 Å². The summed E-state index contributed by atoms with van der Waals surface area (Å²) < 4.78 is 11.5. The van der Waals surface area contributed by atoms with Gasteiger partial charge in [0.1, 0.15) is 11.5 Å². The number of ether oxygens (including phenoxy) is 2. The molecule has 0 atom stereocenters. The molecule has 1 amide bonds. The lowest BCUT2D eigenvalue weighted by Gasteiger charge is -2.22. The van der Waals surface area contributed by atoms with Gasteiger partial charge in [0, 0.05) is 11.1 Å². The molecule has 0 aliphatic carbocycles. The number of hydrogen-bond acceptors (Lipinski definition) is 4. The Morgan fingerprint density at radius 1 is 0.824 bits per heavy atom. The third-order valence-electron chi connectivity index (χ3n) is 5.20. The largest absolute Gasteiger partial charge is 0.452 e. The van der Waals surface area contributed by atoms with Gasteiger partial charge in [0.05, 0.1) is 16.9 Å². The third kappa shape index (κ3) is 4.42. The van der Waals surface area contributed by atoms with Crippen LogP contribution in [0.5, 0.6) is 11.5 Å². The Bertz CT molecular complexity index is 1360. The second-order valence-corrected chi connectivity index (χ2v) is 7.96. The molecule has 1 aliphatic heterocycles. The summed E-state index contributed by atoms with van der Waals surface area (Å²) in [4.78, 5) is 27.4. The van der Waals surface area contributed by atoms with E-state index in [4.69, 9.17) is 21.1 Å². The van der Waals surface area contributed by atoms with Gasteiger partial charge in [0.15, 0.2) is 5.76 Å². The zero-order valence-corrected chi connectivity index (χ0v) is 18.6. The fraction of sp³-hybridized carbons (Fsp3) is 0. The Balaban J connectivity index is 1.40. The van der Waals surface area contributed by atoms with Crippen molar-refractivity contribution in [1.29, 1.82) is 0 Å². The first-order chi connectivity index (χ1) is 16.6. The maximum Gasteiger partial charge on any atom is 0.424 e. The molecule has 5 rings (SSSR count). The van der Waals surface area contributed by atoms with E-state index in [1.807, 2.05) is 66.7 Å². The first kappa shape index (κ1) is 21.5. The number of nitrogens with zero attached hydrogens (tertiary/aromatic N) is 1. The lowest BCUT2D eigenvalue weighted by Crippen LogP contribution is -2.29. The summed E-state index contributed by atoms with van der Waals surface area (Å²) in [6, 6.07) is 30.3. The molecule has 4 aromatic carbocycles. The van der Waals surface area contributed by atoms with Crippen molar-refractivity contribution in [1.82, 2.24) is 0 Å². The molecule has 1 aliphatic rings. The fourth-order valence-corrected chi connectivity index (χ4v) is 3.84. The molecule has 6 heteroatoms. The van der Waals surface area contributed by atoms with Crippen LogP contribution in [0.4, 0.5) is 16.2 Å². The highest BCUT2D eigenvalue weighted by molar-refractivity contribution is 6.30. The molecule has 1 heterocycles. The smallest absolute Gasteiger partial charge is 0.424 e. The van der Waals surface area contributed by atoms with Crippen molar-refractivity contribution in [2.75, 3.05) is 4.90 Å². The van der Waals surface area contributed by atoms with Crippen LogP contribution in [0.1, 0.15) is 15.9 Å². The van der Waals surface area contributed by atoms with Gasteiger partial charge < -0.3 is 9.47 Å². The molecule has 0 N–H and O–H groups in total. The summed E-state index contributed by atoms with van der Waals surface area (Å²) in [7, 11) is 0. The first-order valence-electron chi connectivity index (χ1n) is 10.5. The van der Waals surface area contributed by atoms with Crippen LogP contribution in [-0.4, -0.2) is 11.9 Å². The van der Waals surface area contributed by atoms with Crippen LogP contribution in [0.3, 0.4) is 0 Å². The Kier molecular flexibility index (Phi) is 5.85. The molecule has 166 valence electrons. The molecule has 0 radical (unpaired) electrons. The Morgan fingerprint density at radius 2 is 1.50 bits per heavy atom. The molecular formula is C28H18ClNO4. The van der Waals surface area contributed by atoms with E-state index in [1.54, 1.807) is 36.4 Å². The van der Waals surface area contributed by atoms with Gasteiger partial charge in [-0.1, -0.05) is 60.1 Å². The van der Waals surface area contributed by atoms with Crippen LogP contribution in [0.15, 0.2) is 109 Å². The second kappa shape index (κ2) is 9.25. The first-order valence-corrected chi connectivity index (χ1v) is 10.9. The van der Waals surface area contributed by atoms with Crippen LogP contribution in [0.2, 0.25) is 5.02 Å². The molecule has 5 nitrogen and oxygen atoms in total. The van der Waals surface area contributed by atoms with E-state index in [9.17, 15) is 9.59 Å². The van der Waals surface area contributed by atoms with Gasteiger partial charge in [-0.3, -0.25) is 4.79 Å². The van der Waals surface area contributed by atoms with Crippen LogP contribution in [0, 0.1) is 0 Å². The van der Waals surface area contributed by atoms with Crippen LogP contribution < -0.4 is 14.4 Å². The van der Waals surface area contributed by atoms with Crippen molar-refractivity contribution in [3.05, 3.63) is 125 Å². The number of carbonyl (C=O) groups is 2.